The molecule has 0 aliphatic carbocycles. The number of fused-ring (bicyclic) bond motifs is 2. The number of nitriles is 2. The maximum absolute atomic E-state index is 14.9. The van der Waals surface area contributed by atoms with E-state index in [1.165, 1.54) is 22.6 Å². The van der Waals surface area contributed by atoms with Crippen molar-refractivity contribution < 1.29 is 19.2 Å². The molecule has 2 aliphatic heterocycles. The molecule has 0 unspecified atom stereocenters. The Morgan fingerprint density at radius 3 is 1.03 bits per heavy atom. The van der Waals surface area contributed by atoms with E-state index in [0.717, 1.165) is 128 Å². The minimum atomic E-state index is -0.388. The quantitative estimate of drug-likeness (QED) is 0.0236. The van der Waals surface area contributed by atoms with Gasteiger partial charge in [-0.25, -0.2) is 0 Å². The first-order valence-corrected chi connectivity index (χ1v) is 25.1. The van der Waals surface area contributed by atoms with Crippen LogP contribution in [-0.2, 0) is 0 Å². The molecular weight excluding hydrogens is 793 g/mol. The van der Waals surface area contributed by atoms with Crippen molar-refractivity contribution in [2.24, 2.45) is 0 Å². The van der Waals surface area contributed by atoms with E-state index in [-0.39, 0.29) is 46.8 Å². The van der Waals surface area contributed by atoms with Crippen LogP contribution in [-0.4, -0.2) is 45.5 Å². The molecule has 0 saturated heterocycles. The zero-order valence-corrected chi connectivity index (χ0v) is 39.0. The minimum absolute atomic E-state index is 0.206. The van der Waals surface area contributed by atoms with Gasteiger partial charge in [0.05, 0.1) is 34.4 Å². The molecule has 7 rings (SSSR count). The van der Waals surface area contributed by atoms with Crippen molar-refractivity contribution >= 4 is 66.7 Å². The van der Waals surface area contributed by atoms with E-state index in [1.807, 2.05) is 12.1 Å². The van der Waals surface area contributed by atoms with E-state index in [2.05, 4.69) is 39.8 Å². The second-order valence-electron chi connectivity index (χ2n) is 18.8. The molecule has 8 nitrogen and oxygen atoms in total. The van der Waals surface area contributed by atoms with Crippen LogP contribution in [0.25, 0.3) is 43.1 Å². The molecule has 2 heterocycles. The van der Waals surface area contributed by atoms with Crippen LogP contribution in [0.1, 0.15) is 234 Å². The molecule has 0 spiro atoms. The van der Waals surface area contributed by atoms with Gasteiger partial charge < -0.3 is 0 Å². The second-order valence-corrected chi connectivity index (χ2v) is 18.8. The Labute approximate surface area is 380 Å². The fraction of sp³-hybridized carbons (Fsp3) is 0.536. The number of imide groups is 2. The maximum atomic E-state index is 14.9. The Bertz CT molecular complexity index is 2450. The number of amides is 4. The lowest BCUT2D eigenvalue weighted by Crippen LogP contribution is -2.47. The first-order chi connectivity index (χ1) is 31.3. The summed E-state index contributed by atoms with van der Waals surface area (Å²) in [6, 6.07) is 14.9. The number of carbonyl (C=O) groups is 4. The normalized spacial score (nSPS) is 13.9. The van der Waals surface area contributed by atoms with Crippen LogP contribution in [0.2, 0.25) is 0 Å². The zero-order chi connectivity index (χ0) is 45.3. The Morgan fingerprint density at radius 1 is 0.391 bits per heavy atom. The van der Waals surface area contributed by atoms with Crippen molar-refractivity contribution in [1.29, 1.82) is 10.5 Å². The van der Waals surface area contributed by atoms with Crippen molar-refractivity contribution in [1.82, 2.24) is 9.80 Å². The Morgan fingerprint density at radius 2 is 0.703 bits per heavy atom. The summed E-state index contributed by atoms with van der Waals surface area (Å²) in [7, 11) is 0. The molecule has 2 aliphatic rings. The maximum Gasteiger partial charge on any atom is 0.261 e. The van der Waals surface area contributed by atoms with E-state index >= 15 is 0 Å². The average molecular weight is 861 g/mol. The van der Waals surface area contributed by atoms with Gasteiger partial charge in [0.2, 0.25) is 0 Å². The molecule has 0 atom stereocenters. The standard InChI is InChI=1S/C56H68N4O4/c1-5-9-13-17-21-25-39(26-22-18-14-10-6-2)59-53(61)43-31-29-41-47-37(35-57)33-45-51-46(34-38(36-58)48(52(47)51)42-30-32-44(54(59)62)50(43)49(41)42)56(64)60(55(45)63)40(27-23-19-15-11-7-3)28-24-20-16-12-8-4/h29-34,39-40H,5-28H2,1-4H3. The summed E-state index contributed by atoms with van der Waals surface area (Å²) in [4.78, 5) is 62.3. The molecule has 0 radical (unpaired) electrons. The molecule has 0 bridgehead atoms. The summed E-state index contributed by atoms with van der Waals surface area (Å²) in [5, 5.41) is 26.4. The second kappa shape index (κ2) is 21.6. The molecule has 5 aromatic rings. The fourth-order valence-electron chi connectivity index (χ4n) is 11.1. The highest BCUT2D eigenvalue weighted by molar-refractivity contribution is 6.42. The lowest BCUT2D eigenvalue weighted by Gasteiger charge is -2.36. The van der Waals surface area contributed by atoms with Crippen LogP contribution in [0.3, 0.4) is 0 Å². The highest BCUT2D eigenvalue weighted by Crippen LogP contribution is 2.49. The number of benzene rings is 5. The average Bonchev–Trinajstić information content (AvgIpc) is 3.30. The molecule has 5 aromatic carbocycles. The van der Waals surface area contributed by atoms with Crippen molar-refractivity contribution in [2.75, 3.05) is 0 Å². The minimum Gasteiger partial charge on any atom is -0.271 e. The molecule has 0 aromatic heterocycles. The Kier molecular flexibility index (Phi) is 15.7. The van der Waals surface area contributed by atoms with Crippen LogP contribution in [0.4, 0.5) is 0 Å². The summed E-state index contributed by atoms with van der Waals surface area (Å²) in [5.41, 5.74) is 2.03. The molecular formula is C56H68N4O4. The van der Waals surface area contributed by atoms with Crippen molar-refractivity contribution in [3.63, 3.8) is 0 Å². The van der Waals surface area contributed by atoms with Crippen LogP contribution in [0.15, 0.2) is 36.4 Å². The molecule has 0 saturated carbocycles. The molecule has 64 heavy (non-hydrogen) atoms. The van der Waals surface area contributed by atoms with Gasteiger partial charge in [0.25, 0.3) is 23.6 Å². The van der Waals surface area contributed by atoms with Gasteiger partial charge in [-0.05, 0) is 66.1 Å². The van der Waals surface area contributed by atoms with Gasteiger partial charge in [-0.1, -0.05) is 168 Å². The third kappa shape index (κ3) is 8.87. The number of rotatable bonds is 26. The van der Waals surface area contributed by atoms with Gasteiger partial charge in [-0.3, -0.25) is 29.0 Å². The van der Waals surface area contributed by atoms with Crippen molar-refractivity contribution in [2.45, 2.75) is 194 Å². The summed E-state index contributed by atoms with van der Waals surface area (Å²) in [5.74, 6) is -1.37. The van der Waals surface area contributed by atoms with Gasteiger partial charge in [-0.15, -0.1) is 0 Å². The first kappa shape index (κ1) is 46.6. The third-order valence-electron chi connectivity index (χ3n) is 14.4. The van der Waals surface area contributed by atoms with Gasteiger partial charge in [0, 0.05) is 50.1 Å². The Hall–Kier alpha value is -5.34. The van der Waals surface area contributed by atoms with Crippen LogP contribution in [0.5, 0.6) is 0 Å². The summed E-state index contributed by atoms with van der Waals surface area (Å²) in [6.07, 6.45) is 24.6. The van der Waals surface area contributed by atoms with E-state index in [0.29, 0.717) is 78.2 Å². The van der Waals surface area contributed by atoms with Gasteiger partial charge in [0.15, 0.2) is 0 Å². The Balaban J connectivity index is 1.35. The van der Waals surface area contributed by atoms with Crippen LogP contribution >= 0.6 is 0 Å². The molecule has 336 valence electrons. The zero-order valence-electron chi connectivity index (χ0n) is 39.0. The molecule has 8 heteroatoms. The number of nitrogens with zero attached hydrogens (tertiary/aromatic N) is 4. The van der Waals surface area contributed by atoms with Gasteiger partial charge >= 0.3 is 0 Å². The summed E-state index contributed by atoms with van der Waals surface area (Å²) in [6.45, 7) is 8.77. The smallest absolute Gasteiger partial charge is 0.261 e. The number of hydrogen-bond acceptors (Lipinski definition) is 6. The molecule has 0 fully saturated rings. The first-order valence-electron chi connectivity index (χ1n) is 25.1. The molecule has 4 amide bonds. The van der Waals surface area contributed by atoms with Crippen LogP contribution in [0, 0.1) is 22.7 Å². The highest BCUT2D eigenvalue weighted by Gasteiger charge is 2.41. The highest BCUT2D eigenvalue weighted by atomic mass is 16.2. The third-order valence-corrected chi connectivity index (χ3v) is 14.4. The number of unbranched alkanes of at least 4 members (excludes halogenated alkanes) is 16. The van der Waals surface area contributed by atoms with Gasteiger partial charge in [0.1, 0.15) is 0 Å². The largest absolute Gasteiger partial charge is 0.271 e. The lowest BCUT2D eigenvalue weighted by atomic mass is 9.79. The number of hydrogen-bond donors (Lipinski definition) is 0. The predicted molar refractivity (Wildman–Crippen MR) is 259 cm³/mol. The SMILES string of the molecule is CCCCCCCC(CCCCCCC)N1C(=O)c2ccc3c4c(C#N)cc5c6c(cc(C#N)c(c7ccc(c2c37)C1=O)c64)C(=O)N(C(CCCCCCC)CCCCCCC)C5=O. The predicted octanol–water partition coefficient (Wildman–Crippen LogP) is 14.9. The molecule has 0 N–H and O–H groups in total. The van der Waals surface area contributed by atoms with E-state index in [4.69, 9.17) is 0 Å². The summed E-state index contributed by atoms with van der Waals surface area (Å²) >= 11 is 0. The van der Waals surface area contributed by atoms with Crippen molar-refractivity contribution in [3.05, 3.63) is 69.8 Å². The van der Waals surface area contributed by atoms with E-state index in [1.54, 1.807) is 24.3 Å². The monoisotopic (exact) mass is 861 g/mol. The van der Waals surface area contributed by atoms with E-state index < -0.39 is 0 Å². The topological polar surface area (TPSA) is 122 Å². The van der Waals surface area contributed by atoms with Crippen molar-refractivity contribution in [3.8, 4) is 12.1 Å². The summed E-state index contributed by atoms with van der Waals surface area (Å²) < 4.78 is 0. The fourth-order valence-corrected chi connectivity index (χ4v) is 11.1. The van der Waals surface area contributed by atoms with Gasteiger partial charge in [-0.2, -0.15) is 10.5 Å². The lowest BCUT2D eigenvalue weighted by molar-refractivity contribution is 0.0501. The van der Waals surface area contributed by atoms with E-state index in [9.17, 15) is 29.7 Å². The number of carbonyl (C=O) groups excluding carboxylic acids is 4. The van der Waals surface area contributed by atoms with Crippen LogP contribution < -0.4 is 0 Å².